The SMILES string of the molecule is c1ccc(-c2ccc3c(c2-c2cccc4c2c2ccccc2n4-c2ccc4oc5ccccc5c4c2)c2ccccc2n3-c2ccccc2)cc1. The van der Waals surface area contributed by atoms with Crippen molar-refractivity contribution >= 4 is 65.6 Å². The van der Waals surface area contributed by atoms with Gasteiger partial charge in [0.25, 0.3) is 0 Å². The van der Waals surface area contributed by atoms with Crippen LogP contribution >= 0.6 is 0 Å². The van der Waals surface area contributed by atoms with Crippen LogP contribution in [0.4, 0.5) is 0 Å². The predicted molar refractivity (Wildman–Crippen MR) is 213 cm³/mol. The van der Waals surface area contributed by atoms with Crippen molar-refractivity contribution in [3.63, 3.8) is 0 Å². The monoisotopic (exact) mass is 650 g/mol. The molecule has 0 saturated carbocycles. The lowest BCUT2D eigenvalue weighted by Crippen LogP contribution is -1.95. The zero-order valence-corrected chi connectivity index (χ0v) is 27.6. The molecule has 3 nitrogen and oxygen atoms in total. The maximum Gasteiger partial charge on any atom is 0.135 e. The molecule has 0 spiro atoms. The molecule has 0 aliphatic rings. The Morgan fingerprint density at radius 1 is 0.333 bits per heavy atom. The van der Waals surface area contributed by atoms with Crippen LogP contribution in [0.5, 0.6) is 0 Å². The van der Waals surface area contributed by atoms with Crippen LogP contribution in [0.25, 0.3) is 99.2 Å². The second-order valence-corrected chi connectivity index (χ2v) is 13.3. The Morgan fingerprint density at radius 3 is 1.71 bits per heavy atom. The van der Waals surface area contributed by atoms with Crippen LogP contribution in [0.3, 0.4) is 0 Å². The summed E-state index contributed by atoms with van der Waals surface area (Å²) in [7, 11) is 0. The third-order valence-corrected chi connectivity index (χ3v) is 10.5. The molecule has 11 aromatic rings. The summed E-state index contributed by atoms with van der Waals surface area (Å²) in [6, 6.07) is 65.5. The van der Waals surface area contributed by atoms with E-state index in [0.717, 1.165) is 33.3 Å². The van der Waals surface area contributed by atoms with Crippen LogP contribution in [-0.2, 0) is 0 Å². The van der Waals surface area contributed by atoms with Gasteiger partial charge in [0.05, 0.1) is 22.1 Å². The van der Waals surface area contributed by atoms with E-state index < -0.39 is 0 Å². The van der Waals surface area contributed by atoms with E-state index >= 15 is 0 Å². The minimum absolute atomic E-state index is 0.899. The van der Waals surface area contributed by atoms with Crippen molar-refractivity contribution in [2.75, 3.05) is 0 Å². The fourth-order valence-corrected chi connectivity index (χ4v) is 8.41. The fourth-order valence-electron chi connectivity index (χ4n) is 8.41. The van der Waals surface area contributed by atoms with Crippen molar-refractivity contribution < 1.29 is 4.42 Å². The molecular weight excluding hydrogens is 621 g/mol. The van der Waals surface area contributed by atoms with Crippen LogP contribution in [0.15, 0.2) is 186 Å². The number of nitrogens with zero attached hydrogens (tertiary/aromatic N) is 2. The zero-order valence-electron chi connectivity index (χ0n) is 27.6. The van der Waals surface area contributed by atoms with Crippen LogP contribution in [-0.4, -0.2) is 9.13 Å². The molecule has 0 aliphatic carbocycles. The average molecular weight is 651 g/mol. The van der Waals surface area contributed by atoms with Gasteiger partial charge in [-0.15, -0.1) is 0 Å². The predicted octanol–water partition coefficient (Wildman–Crippen LogP) is 13.1. The van der Waals surface area contributed by atoms with Gasteiger partial charge in [0, 0.05) is 49.3 Å². The number of rotatable bonds is 4. The number of fused-ring (bicyclic) bond motifs is 9. The van der Waals surface area contributed by atoms with E-state index in [9.17, 15) is 0 Å². The second-order valence-electron chi connectivity index (χ2n) is 13.3. The lowest BCUT2D eigenvalue weighted by Gasteiger charge is -2.16. The van der Waals surface area contributed by atoms with Crippen molar-refractivity contribution in [3.05, 3.63) is 182 Å². The maximum atomic E-state index is 6.23. The Bertz CT molecular complexity index is 3130. The molecule has 238 valence electrons. The molecule has 3 heterocycles. The average Bonchev–Trinajstić information content (AvgIpc) is 3.86. The number of benzene rings is 8. The normalized spacial score (nSPS) is 11.9. The molecule has 0 fully saturated rings. The van der Waals surface area contributed by atoms with E-state index in [1.54, 1.807) is 0 Å². The highest BCUT2D eigenvalue weighted by Crippen LogP contribution is 2.48. The molecule has 0 radical (unpaired) electrons. The standard InChI is InChI=1S/C48H30N2O/c1-3-14-31(15-4-1)34-27-28-43-48(37-20-8-11-23-41(37)49(43)32-16-5-2-6-17-32)47(34)38-21-13-24-42-46(38)36-19-7-10-22-40(36)50(42)33-26-29-45-39(30-33)35-18-9-12-25-44(35)51-45/h1-30H. The quantitative estimate of drug-likeness (QED) is 0.186. The highest BCUT2D eigenvalue weighted by atomic mass is 16.3. The summed E-state index contributed by atoms with van der Waals surface area (Å²) in [5.74, 6) is 0. The van der Waals surface area contributed by atoms with Crippen molar-refractivity contribution in [1.29, 1.82) is 0 Å². The topological polar surface area (TPSA) is 23.0 Å². The lowest BCUT2D eigenvalue weighted by atomic mass is 9.88. The van der Waals surface area contributed by atoms with Crippen molar-refractivity contribution in [2.24, 2.45) is 0 Å². The number of furan rings is 1. The van der Waals surface area contributed by atoms with E-state index in [1.165, 1.54) is 65.9 Å². The van der Waals surface area contributed by atoms with Crippen LogP contribution in [0.1, 0.15) is 0 Å². The van der Waals surface area contributed by atoms with Crippen molar-refractivity contribution in [1.82, 2.24) is 9.13 Å². The van der Waals surface area contributed by atoms with Gasteiger partial charge in [0.15, 0.2) is 0 Å². The first-order chi connectivity index (χ1) is 25.3. The summed E-state index contributed by atoms with van der Waals surface area (Å²) >= 11 is 0. The van der Waals surface area contributed by atoms with Crippen molar-refractivity contribution in [2.45, 2.75) is 0 Å². The van der Waals surface area contributed by atoms with Gasteiger partial charge in [0.2, 0.25) is 0 Å². The molecule has 0 saturated heterocycles. The molecule has 0 unspecified atom stereocenters. The van der Waals surface area contributed by atoms with Gasteiger partial charge >= 0.3 is 0 Å². The third-order valence-electron chi connectivity index (χ3n) is 10.5. The van der Waals surface area contributed by atoms with Gasteiger partial charge in [0.1, 0.15) is 11.2 Å². The van der Waals surface area contributed by atoms with Crippen LogP contribution < -0.4 is 0 Å². The summed E-state index contributed by atoms with van der Waals surface area (Å²) in [5, 5.41) is 7.21. The zero-order chi connectivity index (χ0) is 33.5. The van der Waals surface area contributed by atoms with Crippen LogP contribution in [0, 0.1) is 0 Å². The summed E-state index contributed by atoms with van der Waals surface area (Å²) in [4.78, 5) is 0. The van der Waals surface area contributed by atoms with Gasteiger partial charge in [-0.25, -0.2) is 0 Å². The summed E-state index contributed by atoms with van der Waals surface area (Å²) in [6.45, 7) is 0. The number of hydrogen-bond donors (Lipinski definition) is 0. The van der Waals surface area contributed by atoms with Crippen LogP contribution in [0.2, 0.25) is 0 Å². The third kappa shape index (κ3) is 4.06. The fraction of sp³-hybridized carbons (Fsp3) is 0. The second kappa shape index (κ2) is 10.8. The van der Waals surface area contributed by atoms with E-state index in [4.69, 9.17) is 4.42 Å². The first-order valence-electron chi connectivity index (χ1n) is 17.4. The first-order valence-corrected chi connectivity index (χ1v) is 17.4. The highest BCUT2D eigenvalue weighted by Gasteiger charge is 2.23. The Hall–Kier alpha value is -6.84. The molecule has 0 N–H and O–H groups in total. The smallest absolute Gasteiger partial charge is 0.135 e. The molecule has 11 rings (SSSR count). The molecule has 3 heteroatoms. The summed E-state index contributed by atoms with van der Waals surface area (Å²) < 4.78 is 11.1. The largest absolute Gasteiger partial charge is 0.456 e. The summed E-state index contributed by atoms with van der Waals surface area (Å²) in [5.41, 5.74) is 13.7. The number of aromatic nitrogens is 2. The van der Waals surface area contributed by atoms with Gasteiger partial charge in [-0.2, -0.15) is 0 Å². The molecule has 0 atom stereocenters. The van der Waals surface area contributed by atoms with Crippen molar-refractivity contribution in [3.8, 4) is 33.6 Å². The van der Waals surface area contributed by atoms with Gasteiger partial charge < -0.3 is 13.6 Å². The lowest BCUT2D eigenvalue weighted by molar-refractivity contribution is 0.669. The molecule has 51 heavy (non-hydrogen) atoms. The molecule has 8 aromatic carbocycles. The number of hydrogen-bond acceptors (Lipinski definition) is 1. The summed E-state index contributed by atoms with van der Waals surface area (Å²) in [6.07, 6.45) is 0. The first kappa shape index (κ1) is 28.0. The minimum Gasteiger partial charge on any atom is -0.456 e. The Balaban J connectivity index is 1.29. The van der Waals surface area contributed by atoms with Gasteiger partial charge in [-0.05, 0) is 77.4 Å². The van der Waals surface area contributed by atoms with E-state index in [1.807, 2.05) is 12.1 Å². The molecule has 3 aromatic heterocycles. The Kier molecular flexibility index (Phi) is 5.96. The molecule has 0 aliphatic heterocycles. The highest BCUT2D eigenvalue weighted by molar-refractivity contribution is 6.24. The minimum atomic E-state index is 0.899. The Labute approximate surface area is 293 Å². The Morgan fingerprint density at radius 2 is 0.922 bits per heavy atom. The van der Waals surface area contributed by atoms with E-state index in [0.29, 0.717) is 0 Å². The number of para-hydroxylation sites is 4. The van der Waals surface area contributed by atoms with Gasteiger partial charge in [-0.1, -0.05) is 121 Å². The van der Waals surface area contributed by atoms with Gasteiger partial charge in [-0.3, -0.25) is 0 Å². The molecule has 0 amide bonds. The van der Waals surface area contributed by atoms with E-state index in [-0.39, 0.29) is 0 Å². The molecular formula is C48H30N2O. The maximum absolute atomic E-state index is 6.23. The molecule has 0 bridgehead atoms. The van der Waals surface area contributed by atoms with E-state index in [2.05, 4.69) is 179 Å².